The number of nitrogens with zero attached hydrogens (tertiary/aromatic N) is 1. The molecule has 1 heterocycles. The number of aromatic nitrogens is 1. The first-order valence-corrected chi connectivity index (χ1v) is 6.09. The molecule has 0 spiro atoms. The predicted molar refractivity (Wildman–Crippen MR) is 63.8 cm³/mol. The van der Waals surface area contributed by atoms with Crippen LogP contribution in [0.1, 0.15) is 16.3 Å². The smallest absolute Gasteiger partial charge is 0.127 e. The van der Waals surface area contributed by atoms with Gasteiger partial charge >= 0.3 is 0 Å². The van der Waals surface area contributed by atoms with Crippen LogP contribution >= 0.6 is 11.3 Å². The second-order valence-corrected chi connectivity index (χ2v) is 4.76. The van der Waals surface area contributed by atoms with Gasteiger partial charge in [-0.3, -0.25) is 0 Å². The fraction of sp³-hybridized carbons (Fsp3) is 0.250. The van der Waals surface area contributed by atoms with Crippen molar-refractivity contribution in [2.45, 2.75) is 20.0 Å². The molecule has 0 atom stereocenters. The monoisotopic (exact) mass is 254 g/mol. The maximum Gasteiger partial charge on any atom is 0.127 e. The van der Waals surface area contributed by atoms with Crippen molar-refractivity contribution in [3.8, 4) is 0 Å². The normalized spacial score (nSPS) is 10.8. The molecule has 0 radical (unpaired) electrons. The number of halogens is 2. The van der Waals surface area contributed by atoms with E-state index in [0.717, 1.165) is 22.8 Å². The van der Waals surface area contributed by atoms with Crippen LogP contribution < -0.4 is 5.32 Å². The first-order chi connectivity index (χ1) is 8.15. The Bertz CT molecular complexity index is 511. The lowest BCUT2D eigenvalue weighted by Gasteiger charge is -2.04. The van der Waals surface area contributed by atoms with Crippen molar-refractivity contribution in [2.75, 3.05) is 0 Å². The lowest BCUT2D eigenvalue weighted by molar-refractivity contribution is 0.567. The molecule has 0 fully saturated rings. The molecule has 1 N–H and O–H groups in total. The highest BCUT2D eigenvalue weighted by Crippen LogP contribution is 2.10. The molecule has 0 aliphatic rings. The fourth-order valence-electron chi connectivity index (χ4n) is 1.49. The molecule has 0 aliphatic heterocycles. The van der Waals surface area contributed by atoms with Crippen LogP contribution in [0.25, 0.3) is 0 Å². The molecule has 0 unspecified atom stereocenters. The van der Waals surface area contributed by atoms with E-state index >= 15 is 0 Å². The van der Waals surface area contributed by atoms with Crippen LogP contribution in [0.2, 0.25) is 0 Å². The summed E-state index contributed by atoms with van der Waals surface area (Å²) in [5.41, 5.74) is 1.25. The van der Waals surface area contributed by atoms with Crippen molar-refractivity contribution < 1.29 is 8.78 Å². The minimum absolute atomic E-state index is 0.292. The number of hydrogen-bond acceptors (Lipinski definition) is 3. The highest BCUT2D eigenvalue weighted by atomic mass is 32.1. The van der Waals surface area contributed by atoms with Crippen LogP contribution in [0, 0.1) is 18.6 Å². The van der Waals surface area contributed by atoms with E-state index in [1.807, 2.05) is 12.3 Å². The Labute approximate surface area is 102 Å². The third-order valence-corrected chi connectivity index (χ3v) is 3.12. The summed E-state index contributed by atoms with van der Waals surface area (Å²) in [6.07, 6.45) is 0. The van der Waals surface area contributed by atoms with Crippen LogP contribution in [0.5, 0.6) is 0 Å². The van der Waals surface area contributed by atoms with Crippen LogP contribution in [-0.2, 0) is 13.1 Å². The average molecular weight is 254 g/mol. The van der Waals surface area contributed by atoms with Gasteiger partial charge in [0.2, 0.25) is 0 Å². The van der Waals surface area contributed by atoms with Gasteiger partial charge < -0.3 is 5.32 Å². The van der Waals surface area contributed by atoms with Crippen molar-refractivity contribution in [1.82, 2.24) is 10.3 Å². The highest BCUT2D eigenvalue weighted by molar-refractivity contribution is 7.09. The molecule has 0 aliphatic carbocycles. The van der Waals surface area contributed by atoms with E-state index in [4.69, 9.17) is 0 Å². The van der Waals surface area contributed by atoms with E-state index in [1.165, 1.54) is 6.07 Å². The summed E-state index contributed by atoms with van der Waals surface area (Å²) in [5.74, 6) is -0.818. The summed E-state index contributed by atoms with van der Waals surface area (Å²) in [4.78, 5) is 4.27. The number of benzene rings is 1. The molecule has 0 amide bonds. The van der Waals surface area contributed by atoms with Gasteiger partial charge in [-0.2, -0.15) is 0 Å². The third kappa shape index (κ3) is 3.31. The van der Waals surface area contributed by atoms with E-state index in [9.17, 15) is 8.78 Å². The quantitative estimate of drug-likeness (QED) is 0.907. The van der Waals surface area contributed by atoms with Crippen molar-refractivity contribution in [2.24, 2.45) is 0 Å². The fourth-order valence-corrected chi connectivity index (χ4v) is 2.11. The molecule has 2 nitrogen and oxygen atoms in total. The molecule has 0 saturated heterocycles. The second kappa shape index (κ2) is 5.33. The zero-order valence-electron chi connectivity index (χ0n) is 9.34. The summed E-state index contributed by atoms with van der Waals surface area (Å²) in [6, 6.07) is 3.45. The van der Waals surface area contributed by atoms with Crippen LogP contribution in [0.3, 0.4) is 0 Å². The Hall–Kier alpha value is -1.33. The Morgan fingerprint density at radius 3 is 2.82 bits per heavy atom. The molecule has 0 bridgehead atoms. The Morgan fingerprint density at radius 1 is 1.29 bits per heavy atom. The van der Waals surface area contributed by atoms with Crippen LogP contribution in [0.4, 0.5) is 8.78 Å². The molecule has 1 aromatic heterocycles. The number of rotatable bonds is 4. The zero-order chi connectivity index (χ0) is 12.3. The maximum atomic E-state index is 13.3. The standard InChI is InChI=1S/C12H12F2N2S/c1-8-16-11(7-17-8)6-15-5-9-4-10(13)2-3-12(9)14/h2-4,7,15H,5-6H2,1H3. The number of aryl methyl sites for hydroxylation is 1. The molecule has 90 valence electrons. The molecular weight excluding hydrogens is 242 g/mol. The van der Waals surface area contributed by atoms with Crippen molar-refractivity contribution in [3.05, 3.63) is 51.5 Å². The summed E-state index contributed by atoms with van der Waals surface area (Å²) < 4.78 is 26.2. The summed E-state index contributed by atoms with van der Waals surface area (Å²) in [7, 11) is 0. The molecule has 2 rings (SSSR count). The largest absolute Gasteiger partial charge is 0.307 e. The average Bonchev–Trinajstić information content (AvgIpc) is 2.69. The van der Waals surface area contributed by atoms with E-state index in [0.29, 0.717) is 18.7 Å². The van der Waals surface area contributed by atoms with Gasteiger partial charge in [0.25, 0.3) is 0 Å². The molecule has 1 aromatic carbocycles. The number of hydrogen-bond donors (Lipinski definition) is 1. The van der Waals surface area contributed by atoms with Gasteiger partial charge in [0.1, 0.15) is 11.6 Å². The third-order valence-electron chi connectivity index (χ3n) is 2.30. The van der Waals surface area contributed by atoms with Crippen molar-refractivity contribution >= 4 is 11.3 Å². The molecule has 2 aromatic rings. The molecule has 17 heavy (non-hydrogen) atoms. The summed E-state index contributed by atoms with van der Waals surface area (Å²) in [6.45, 7) is 2.78. The van der Waals surface area contributed by atoms with Crippen LogP contribution in [-0.4, -0.2) is 4.98 Å². The lowest BCUT2D eigenvalue weighted by atomic mass is 10.2. The lowest BCUT2D eigenvalue weighted by Crippen LogP contribution is -2.14. The van der Waals surface area contributed by atoms with Gasteiger partial charge in [0, 0.05) is 24.0 Å². The van der Waals surface area contributed by atoms with Gasteiger partial charge in [-0.1, -0.05) is 0 Å². The maximum absolute atomic E-state index is 13.3. The summed E-state index contributed by atoms with van der Waals surface area (Å²) in [5, 5.41) is 5.98. The second-order valence-electron chi connectivity index (χ2n) is 3.70. The highest BCUT2D eigenvalue weighted by Gasteiger charge is 2.04. The first-order valence-electron chi connectivity index (χ1n) is 5.21. The minimum atomic E-state index is -0.423. The van der Waals surface area contributed by atoms with Crippen molar-refractivity contribution in [3.63, 3.8) is 0 Å². The zero-order valence-corrected chi connectivity index (χ0v) is 10.2. The summed E-state index contributed by atoms with van der Waals surface area (Å²) >= 11 is 1.57. The van der Waals surface area contributed by atoms with E-state index < -0.39 is 11.6 Å². The van der Waals surface area contributed by atoms with Gasteiger partial charge in [-0.25, -0.2) is 13.8 Å². The Kier molecular flexibility index (Phi) is 3.81. The minimum Gasteiger partial charge on any atom is -0.307 e. The van der Waals surface area contributed by atoms with E-state index in [-0.39, 0.29) is 0 Å². The predicted octanol–water partition coefficient (Wildman–Crippen LogP) is 3.02. The van der Waals surface area contributed by atoms with E-state index in [2.05, 4.69) is 10.3 Å². The molecular formula is C12H12F2N2S. The van der Waals surface area contributed by atoms with E-state index in [1.54, 1.807) is 11.3 Å². The Morgan fingerprint density at radius 2 is 2.12 bits per heavy atom. The van der Waals surface area contributed by atoms with Gasteiger partial charge in [0.05, 0.1) is 10.7 Å². The Balaban J connectivity index is 1.91. The number of nitrogens with one attached hydrogen (secondary N) is 1. The van der Waals surface area contributed by atoms with Crippen LogP contribution in [0.15, 0.2) is 23.6 Å². The van der Waals surface area contributed by atoms with Crippen molar-refractivity contribution in [1.29, 1.82) is 0 Å². The molecule has 0 saturated carbocycles. The number of thiazole rings is 1. The SMILES string of the molecule is Cc1nc(CNCc2cc(F)ccc2F)cs1. The first kappa shape index (κ1) is 12.1. The van der Waals surface area contributed by atoms with Gasteiger partial charge in [0.15, 0.2) is 0 Å². The van der Waals surface area contributed by atoms with Gasteiger partial charge in [-0.05, 0) is 25.1 Å². The van der Waals surface area contributed by atoms with Gasteiger partial charge in [-0.15, -0.1) is 11.3 Å². The molecule has 5 heteroatoms. The topological polar surface area (TPSA) is 24.9 Å².